The molecule has 0 aliphatic heterocycles. The number of fused-ring (bicyclic) bond motifs is 1. The maximum Gasteiger partial charge on any atom is 0.282 e. The molecule has 0 atom stereocenters. The number of hydrogen-bond acceptors (Lipinski definition) is 4. The van der Waals surface area contributed by atoms with Crippen LogP contribution in [-0.2, 0) is 13.0 Å². The molecule has 31 heavy (non-hydrogen) atoms. The largest absolute Gasteiger partial charge is 0.488 e. The van der Waals surface area contributed by atoms with Crippen LogP contribution in [0, 0.1) is 5.82 Å². The highest BCUT2D eigenvalue weighted by atomic mass is 79.9. The lowest BCUT2D eigenvalue weighted by Gasteiger charge is -2.10. The van der Waals surface area contributed by atoms with Crippen LogP contribution in [0.3, 0.4) is 0 Å². The van der Waals surface area contributed by atoms with Gasteiger partial charge in [-0.05, 0) is 36.4 Å². The molecule has 0 N–H and O–H groups in total. The lowest BCUT2D eigenvalue weighted by molar-refractivity contribution is 0.299. The summed E-state index contributed by atoms with van der Waals surface area (Å²) in [7, 11) is 0. The first-order valence-corrected chi connectivity index (χ1v) is 10.6. The van der Waals surface area contributed by atoms with Gasteiger partial charge in [0.2, 0.25) is 0 Å². The molecule has 0 saturated heterocycles. The third kappa shape index (κ3) is 4.56. The molecule has 0 amide bonds. The third-order valence-corrected chi connectivity index (χ3v) is 5.26. The second kappa shape index (κ2) is 9.22. The van der Waals surface area contributed by atoms with E-state index < -0.39 is 0 Å². The predicted molar refractivity (Wildman–Crippen MR) is 123 cm³/mol. The lowest BCUT2D eigenvalue weighted by Crippen LogP contribution is -2.22. The molecule has 0 bridgehead atoms. The van der Waals surface area contributed by atoms with Gasteiger partial charge in [0, 0.05) is 22.0 Å². The summed E-state index contributed by atoms with van der Waals surface area (Å²) in [5.41, 5.74) is 1.51. The Labute approximate surface area is 187 Å². The van der Waals surface area contributed by atoms with Crippen LogP contribution in [0.25, 0.3) is 10.9 Å². The highest BCUT2D eigenvalue weighted by molar-refractivity contribution is 9.10. The molecule has 0 unspecified atom stereocenters. The van der Waals surface area contributed by atoms with E-state index in [1.165, 1.54) is 10.7 Å². The van der Waals surface area contributed by atoms with Gasteiger partial charge in [0.15, 0.2) is 0 Å². The van der Waals surface area contributed by atoms with E-state index in [4.69, 9.17) is 4.74 Å². The maximum absolute atomic E-state index is 13.9. The molecule has 1 heterocycles. The Kier molecular flexibility index (Phi) is 6.23. The number of ether oxygens (including phenoxy) is 1. The van der Waals surface area contributed by atoms with Gasteiger partial charge in [-0.15, -0.1) is 0 Å². The Balaban J connectivity index is 1.68. The molecule has 7 heteroatoms. The number of hydrogen-bond donors (Lipinski definition) is 0. The topological polar surface area (TPSA) is 56.5 Å². The summed E-state index contributed by atoms with van der Waals surface area (Å²) in [5.74, 6) is 0.777. The number of benzene rings is 3. The van der Waals surface area contributed by atoms with Crippen molar-refractivity contribution >= 4 is 33.0 Å². The van der Waals surface area contributed by atoms with Crippen LogP contribution < -0.4 is 10.3 Å². The molecule has 0 aliphatic rings. The standard InChI is InChI=1S/C24H19BrFN3O2/c1-2-23-28-21-12-11-18(25)13-19(21)24(30)29(23)27-14-16-7-4-6-10-22(16)31-15-17-8-3-5-9-20(17)26/h3-14H,2,15H2,1H3. The van der Waals surface area contributed by atoms with Gasteiger partial charge in [0.25, 0.3) is 5.56 Å². The zero-order valence-electron chi connectivity index (χ0n) is 16.8. The molecule has 0 radical (unpaired) electrons. The van der Waals surface area contributed by atoms with Crippen molar-refractivity contribution in [1.82, 2.24) is 9.66 Å². The van der Waals surface area contributed by atoms with Gasteiger partial charge in [-0.2, -0.15) is 9.78 Å². The Morgan fingerprint density at radius 3 is 2.71 bits per heavy atom. The first-order valence-electron chi connectivity index (χ1n) is 9.77. The number of halogens is 2. The zero-order valence-corrected chi connectivity index (χ0v) is 18.3. The average molecular weight is 480 g/mol. The minimum absolute atomic E-state index is 0.0865. The van der Waals surface area contributed by atoms with Crippen LogP contribution in [0.15, 0.2) is 81.1 Å². The first kappa shape index (κ1) is 20.9. The predicted octanol–water partition coefficient (Wildman–Crippen LogP) is 5.32. The third-order valence-electron chi connectivity index (χ3n) is 4.76. The molecule has 156 valence electrons. The monoisotopic (exact) mass is 479 g/mol. The van der Waals surface area contributed by atoms with E-state index in [-0.39, 0.29) is 18.0 Å². The summed E-state index contributed by atoms with van der Waals surface area (Å²) in [5, 5.41) is 4.89. The normalized spacial score (nSPS) is 11.3. The summed E-state index contributed by atoms with van der Waals surface area (Å²) in [6.45, 7) is 2.01. The van der Waals surface area contributed by atoms with Crippen molar-refractivity contribution < 1.29 is 9.13 Å². The molecular weight excluding hydrogens is 461 g/mol. The molecule has 1 aromatic heterocycles. The van der Waals surface area contributed by atoms with Gasteiger partial charge in [-0.1, -0.05) is 53.2 Å². The number of rotatable bonds is 6. The fourth-order valence-corrected chi connectivity index (χ4v) is 3.51. The Morgan fingerprint density at radius 2 is 1.90 bits per heavy atom. The van der Waals surface area contributed by atoms with Crippen molar-refractivity contribution in [3.8, 4) is 5.75 Å². The van der Waals surface area contributed by atoms with E-state index in [0.717, 1.165) is 4.47 Å². The second-order valence-corrected chi connectivity index (χ2v) is 7.74. The van der Waals surface area contributed by atoms with Crippen molar-refractivity contribution in [2.75, 3.05) is 0 Å². The molecule has 4 rings (SSSR count). The van der Waals surface area contributed by atoms with E-state index in [1.54, 1.807) is 42.6 Å². The highest BCUT2D eigenvalue weighted by Crippen LogP contribution is 2.19. The van der Waals surface area contributed by atoms with Gasteiger partial charge < -0.3 is 4.74 Å². The van der Waals surface area contributed by atoms with Crippen molar-refractivity contribution in [2.24, 2.45) is 5.10 Å². The van der Waals surface area contributed by atoms with Crippen LogP contribution >= 0.6 is 15.9 Å². The van der Waals surface area contributed by atoms with Crippen molar-refractivity contribution in [2.45, 2.75) is 20.0 Å². The van der Waals surface area contributed by atoms with E-state index in [9.17, 15) is 9.18 Å². The molecule has 4 aromatic rings. The van der Waals surface area contributed by atoms with Crippen molar-refractivity contribution in [3.05, 3.63) is 104 Å². The maximum atomic E-state index is 13.9. The first-order chi connectivity index (χ1) is 15.1. The molecule has 5 nitrogen and oxygen atoms in total. The number of aromatic nitrogens is 2. The van der Waals surface area contributed by atoms with E-state index in [2.05, 4.69) is 26.0 Å². The van der Waals surface area contributed by atoms with Gasteiger partial charge >= 0.3 is 0 Å². The molecule has 0 spiro atoms. The van der Waals surface area contributed by atoms with Gasteiger partial charge in [-0.25, -0.2) is 9.37 Å². The van der Waals surface area contributed by atoms with E-state index in [0.29, 0.717) is 40.0 Å². The van der Waals surface area contributed by atoms with E-state index >= 15 is 0 Å². The van der Waals surface area contributed by atoms with Crippen molar-refractivity contribution in [3.63, 3.8) is 0 Å². The summed E-state index contributed by atoms with van der Waals surface area (Å²) in [6.07, 6.45) is 2.10. The van der Waals surface area contributed by atoms with Gasteiger partial charge in [0.1, 0.15) is 24.0 Å². The lowest BCUT2D eigenvalue weighted by atomic mass is 10.2. The van der Waals surface area contributed by atoms with Gasteiger partial charge in [-0.3, -0.25) is 4.79 Å². The van der Waals surface area contributed by atoms with Crippen LogP contribution in [-0.4, -0.2) is 15.9 Å². The quantitative estimate of drug-likeness (QED) is 0.351. The van der Waals surface area contributed by atoms with Crippen LogP contribution in [0.5, 0.6) is 5.75 Å². The fourth-order valence-electron chi connectivity index (χ4n) is 3.15. The number of nitrogens with zero attached hydrogens (tertiary/aromatic N) is 3. The summed E-state index contributed by atoms with van der Waals surface area (Å²) in [6, 6.07) is 19.1. The number of para-hydroxylation sites is 1. The Morgan fingerprint density at radius 1 is 1.13 bits per heavy atom. The molecule has 0 fully saturated rings. The highest BCUT2D eigenvalue weighted by Gasteiger charge is 2.10. The zero-order chi connectivity index (χ0) is 21.8. The smallest absolute Gasteiger partial charge is 0.282 e. The second-order valence-electron chi connectivity index (χ2n) is 6.82. The van der Waals surface area contributed by atoms with Crippen LogP contribution in [0.1, 0.15) is 23.9 Å². The summed E-state index contributed by atoms with van der Waals surface area (Å²) in [4.78, 5) is 17.6. The van der Waals surface area contributed by atoms with Crippen LogP contribution in [0.2, 0.25) is 0 Å². The minimum atomic E-state index is -0.318. The average Bonchev–Trinajstić information content (AvgIpc) is 2.79. The summed E-state index contributed by atoms with van der Waals surface area (Å²) < 4.78 is 21.8. The van der Waals surface area contributed by atoms with E-state index in [1.807, 2.05) is 31.2 Å². The molecular formula is C24H19BrFN3O2. The van der Waals surface area contributed by atoms with Crippen LogP contribution in [0.4, 0.5) is 4.39 Å². The number of aryl methyl sites for hydroxylation is 1. The summed E-state index contributed by atoms with van der Waals surface area (Å²) >= 11 is 3.40. The Hall–Kier alpha value is -3.32. The SMILES string of the molecule is CCc1nc2ccc(Br)cc2c(=O)n1N=Cc1ccccc1OCc1ccccc1F. The fraction of sp³-hybridized carbons (Fsp3) is 0.125. The van der Waals surface area contributed by atoms with Gasteiger partial charge in [0.05, 0.1) is 17.1 Å². The van der Waals surface area contributed by atoms with Crippen molar-refractivity contribution in [1.29, 1.82) is 0 Å². The molecule has 0 aliphatic carbocycles. The molecule has 0 saturated carbocycles. The molecule has 3 aromatic carbocycles. The minimum Gasteiger partial charge on any atom is -0.488 e. The Bertz CT molecular complexity index is 1330.